The lowest BCUT2D eigenvalue weighted by Gasteiger charge is -2.02. The fourth-order valence-electron chi connectivity index (χ4n) is 1.25. The van der Waals surface area contributed by atoms with Gasteiger partial charge in [-0.05, 0) is 12.8 Å². The molecule has 0 aliphatic carbocycles. The minimum absolute atomic E-state index is 0.267. The first-order valence-electron chi connectivity index (χ1n) is 5.62. The first-order chi connectivity index (χ1) is 6.31. The Kier molecular flexibility index (Phi) is 10.1. The molecule has 1 atom stereocenters. The summed E-state index contributed by atoms with van der Waals surface area (Å²) in [6.45, 7) is 4.44. The predicted octanol–water partition coefficient (Wildman–Crippen LogP) is 4.92. The summed E-state index contributed by atoms with van der Waals surface area (Å²) in [5.41, 5.74) is 0. The van der Waals surface area contributed by atoms with E-state index >= 15 is 0 Å². The summed E-state index contributed by atoms with van der Waals surface area (Å²) >= 11 is 6.11. The van der Waals surface area contributed by atoms with Crippen LogP contribution in [0.2, 0.25) is 0 Å². The van der Waals surface area contributed by atoms with E-state index in [0.29, 0.717) is 0 Å². The highest BCUT2D eigenvalue weighted by atomic mass is 35.5. The van der Waals surface area contributed by atoms with E-state index in [1.165, 1.54) is 38.5 Å². The van der Waals surface area contributed by atoms with E-state index in [2.05, 4.69) is 26.0 Å². The third-order valence-corrected chi connectivity index (χ3v) is 2.52. The van der Waals surface area contributed by atoms with Crippen molar-refractivity contribution in [2.45, 2.75) is 64.2 Å². The molecule has 0 aromatic rings. The van der Waals surface area contributed by atoms with Crippen LogP contribution in [0.4, 0.5) is 0 Å². The van der Waals surface area contributed by atoms with Gasteiger partial charge in [-0.2, -0.15) is 0 Å². The molecule has 0 aromatic carbocycles. The molecule has 0 rings (SSSR count). The Morgan fingerprint density at radius 2 is 1.77 bits per heavy atom. The quantitative estimate of drug-likeness (QED) is 0.298. The molecule has 0 radical (unpaired) electrons. The molecule has 0 bridgehead atoms. The van der Waals surface area contributed by atoms with Crippen LogP contribution >= 0.6 is 11.6 Å². The minimum atomic E-state index is 0.267. The summed E-state index contributed by atoms with van der Waals surface area (Å²) < 4.78 is 0. The van der Waals surface area contributed by atoms with Crippen LogP contribution in [0.5, 0.6) is 0 Å². The summed E-state index contributed by atoms with van der Waals surface area (Å²) in [5, 5.41) is 0.267. The lowest BCUT2D eigenvalue weighted by molar-refractivity contribution is 0.676. The number of allylic oxidation sites excluding steroid dienone is 2. The summed E-state index contributed by atoms with van der Waals surface area (Å²) in [7, 11) is 0. The number of rotatable bonds is 8. The lowest BCUT2D eigenvalue weighted by Crippen LogP contribution is -1.92. The molecular formula is C12H23Cl. The van der Waals surface area contributed by atoms with Crippen LogP contribution in [0.15, 0.2) is 12.2 Å². The molecule has 0 N–H and O–H groups in total. The van der Waals surface area contributed by atoms with E-state index < -0.39 is 0 Å². The third-order valence-electron chi connectivity index (χ3n) is 2.15. The Morgan fingerprint density at radius 1 is 1.08 bits per heavy atom. The number of hydrogen-bond acceptors (Lipinski definition) is 0. The van der Waals surface area contributed by atoms with Crippen molar-refractivity contribution in [2.75, 3.05) is 0 Å². The van der Waals surface area contributed by atoms with E-state index in [0.717, 1.165) is 6.42 Å². The van der Waals surface area contributed by atoms with Crippen LogP contribution in [-0.4, -0.2) is 5.38 Å². The molecule has 0 spiro atoms. The van der Waals surface area contributed by atoms with Gasteiger partial charge in [-0.25, -0.2) is 0 Å². The van der Waals surface area contributed by atoms with Crippen LogP contribution in [-0.2, 0) is 0 Å². The summed E-state index contributed by atoms with van der Waals surface area (Å²) in [6.07, 6.45) is 13.1. The first kappa shape index (κ1) is 13.0. The normalized spacial score (nSPS) is 13.8. The SMILES string of the molecule is CCCC/C=C/C(Cl)CCCCC. The zero-order valence-electron chi connectivity index (χ0n) is 9.06. The van der Waals surface area contributed by atoms with Gasteiger partial charge in [-0.15, -0.1) is 11.6 Å². The van der Waals surface area contributed by atoms with Gasteiger partial charge in [0, 0.05) is 0 Å². The Balaban J connectivity index is 3.27. The van der Waals surface area contributed by atoms with E-state index in [9.17, 15) is 0 Å². The average Bonchev–Trinajstić information content (AvgIpc) is 2.13. The molecule has 78 valence electrons. The highest BCUT2D eigenvalue weighted by Gasteiger charge is 1.97. The highest BCUT2D eigenvalue weighted by Crippen LogP contribution is 2.10. The molecule has 0 saturated carbocycles. The second-order valence-corrected chi connectivity index (χ2v) is 4.14. The van der Waals surface area contributed by atoms with E-state index in [4.69, 9.17) is 11.6 Å². The topological polar surface area (TPSA) is 0 Å². The van der Waals surface area contributed by atoms with Gasteiger partial charge in [0.1, 0.15) is 0 Å². The maximum absolute atomic E-state index is 6.11. The molecule has 0 amide bonds. The van der Waals surface area contributed by atoms with E-state index in [1.807, 2.05) is 0 Å². The van der Waals surface area contributed by atoms with Crippen molar-refractivity contribution < 1.29 is 0 Å². The van der Waals surface area contributed by atoms with Crippen molar-refractivity contribution in [3.05, 3.63) is 12.2 Å². The van der Waals surface area contributed by atoms with Crippen molar-refractivity contribution in [1.29, 1.82) is 0 Å². The van der Waals surface area contributed by atoms with Crippen molar-refractivity contribution in [2.24, 2.45) is 0 Å². The molecule has 0 heterocycles. The minimum Gasteiger partial charge on any atom is -0.118 e. The van der Waals surface area contributed by atoms with E-state index in [1.54, 1.807) is 0 Å². The van der Waals surface area contributed by atoms with Gasteiger partial charge in [-0.1, -0.05) is 58.1 Å². The number of halogens is 1. The van der Waals surface area contributed by atoms with Crippen molar-refractivity contribution >= 4 is 11.6 Å². The maximum atomic E-state index is 6.11. The summed E-state index contributed by atoms with van der Waals surface area (Å²) in [6, 6.07) is 0. The first-order valence-corrected chi connectivity index (χ1v) is 6.05. The smallest absolute Gasteiger partial charge is 0.0516 e. The fourth-order valence-corrected chi connectivity index (χ4v) is 1.51. The number of unbranched alkanes of at least 4 members (excludes halogenated alkanes) is 4. The molecule has 0 aromatic heterocycles. The number of alkyl halides is 1. The summed E-state index contributed by atoms with van der Waals surface area (Å²) in [4.78, 5) is 0. The Morgan fingerprint density at radius 3 is 2.38 bits per heavy atom. The van der Waals surface area contributed by atoms with Crippen LogP contribution in [0.1, 0.15) is 58.8 Å². The highest BCUT2D eigenvalue weighted by molar-refractivity contribution is 6.21. The van der Waals surface area contributed by atoms with Gasteiger partial charge in [0.25, 0.3) is 0 Å². The predicted molar refractivity (Wildman–Crippen MR) is 62.4 cm³/mol. The van der Waals surface area contributed by atoms with Crippen LogP contribution < -0.4 is 0 Å². The largest absolute Gasteiger partial charge is 0.118 e. The summed E-state index contributed by atoms with van der Waals surface area (Å²) in [5.74, 6) is 0. The van der Waals surface area contributed by atoms with Gasteiger partial charge < -0.3 is 0 Å². The monoisotopic (exact) mass is 202 g/mol. The molecule has 0 aliphatic heterocycles. The molecule has 13 heavy (non-hydrogen) atoms. The third kappa shape index (κ3) is 9.95. The van der Waals surface area contributed by atoms with Crippen molar-refractivity contribution in [3.63, 3.8) is 0 Å². The molecule has 1 heteroatoms. The maximum Gasteiger partial charge on any atom is 0.0516 e. The van der Waals surface area contributed by atoms with Crippen LogP contribution in [0.25, 0.3) is 0 Å². The molecular weight excluding hydrogens is 180 g/mol. The molecule has 0 nitrogen and oxygen atoms in total. The van der Waals surface area contributed by atoms with Gasteiger partial charge in [0.05, 0.1) is 5.38 Å². The van der Waals surface area contributed by atoms with Crippen molar-refractivity contribution in [3.8, 4) is 0 Å². The Labute approximate surface area is 88.4 Å². The van der Waals surface area contributed by atoms with Gasteiger partial charge >= 0.3 is 0 Å². The van der Waals surface area contributed by atoms with E-state index in [-0.39, 0.29) is 5.38 Å². The number of hydrogen-bond donors (Lipinski definition) is 0. The zero-order valence-corrected chi connectivity index (χ0v) is 9.82. The zero-order chi connectivity index (χ0) is 9.94. The Bertz CT molecular complexity index is 118. The second-order valence-electron chi connectivity index (χ2n) is 3.58. The fraction of sp³-hybridized carbons (Fsp3) is 0.833. The van der Waals surface area contributed by atoms with Gasteiger partial charge in [-0.3, -0.25) is 0 Å². The standard InChI is InChI=1S/C12H23Cl/c1-3-5-7-9-11-12(13)10-8-6-4-2/h9,11-12H,3-8,10H2,1-2H3/b11-9+. The molecule has 0 fully saturated rings. The average molecular weight is 203 g/mol. The van der Waals surface area contributed by atoms with Crippen LogP contribution in [0.3, 0.4) is 0 Å². The second kappa shape index (κ2) is 10.1. The Hall–Kier alpha value is 0.0300. The molecule has 1 unspecified atom stereocenters. The van der Waals surface area contributed by atoms with Gasteiger partial charge in [0.2, 0.25) is 0 Å². The molecule has 0 aliphatic rings. The van der Waals surface area contributed by atoms with Crippen LogP contribution in [0, 0.1) is 0 Å². The lowest BCUT2D eigenvalue weighted by atomic mass is 10.1. The molecule has 0 saturated heterocycles. The van der Waals surface area contributed by atoms with Crippen molar-refractivity contribution in [1.82, 2.24) is 0 Å². The van der Waals surface area contributed by atoms with Gasteiger partial charge in [0.15, 0.2) is 0 Å².